The van der Waals surface area contributed by atoms with Gasteiger partial charge in [-0.05, 0) is 12.8 Å². The highest BCUT2D eigenvalue weighted by molar-refractivity contribution is 7.19. The van der Waals surface area contributed by atoms with Gasteiger partial charge >= 0.3 is 11.9 Å². The van der Waals surface area contributed by atoms with Gasteiger partial charge in [-0.3, -0.25) is 23.6 Å². The van der Waals surface area contributed by atoms with E-state index in [1.54, 1.807) is 0 Å². The molecule has 3 rings (SSSR count). The molecule has 0 aliphatic carbocycles. The Morgan fingerprint density at radius 2 is 1.97 bits per heavy atom. The average Bonchev–Trinajstić information content (AvgIpc) is 3.35. The predicted octanol–water partition coefficient (Wildman–Crippen LogP) is -0.296. The molecule has 1 fully saturated rings. The molecule has 1 amide bonds. The van der Waals surface area contributed by atoms with Crippen molar-refractivity contribution in [3.05, 3.63) is 42.5 Å². The van der Waals surface area contributed by atoms with Crippen molar-refractivity contribution >= 4 is 33.2 Å². The standard InChI is InChI=1S/C21H26F3N5O5S/c1-9(2)6-28-19-15(17(31)27(4)20(28)33)14(18(32)29-7-11(30)8-34-29)13(35-19)5-12(10(3)25)16(26)21(22,23)24/h9,11,26,30H,5-8,25H2,1-4H3/p+1/b12-10-,26-16?/t11-/m0/s1. The lowest BCUT2D eigenvalue weighted by atomic mass is 10.0. The maximum atomic E-state index is 13.4. The number of carbonyl (C=O) groups excluding carboxylic acids is 1. The van der Waals surface area contributed by atoms with E-state index in [0.29, 0.717) is 0 Å². The number of thiophene rings is 1. The van der Waals surface area contributed by atoms with Crippen LogP contribution in [0.15, 0.2) is 20.9 Å². The van der Waals surface area contributed by atoms with E-state index in [9.17, 15) is 32.7 Å². The minimum atomic E-state index is -4.88. The summed E-state index contributed by atoms with van der Waals surface area (Å²) < 4.78 is 42.4. The molecule has 0 saturated carbocycles. The molecule has 0 bridgehead atoms. The molecule has 1 saturated heterocycles. The highest BCUT2D eigenvalue weighted by atomic mass is 32.1. The first-order valence-electron chi connectivity index (χ1n) is 10.7. The van der Waals surface area contributed by atoms with Gasteiger partial charge in [-0.25, -0.2) is 15.3 Å². The molecule has 192 valence electrons. The van der Waals surface area contributed by atoms with Crippen LogP contribution in [-0.2, 0) is 24.9 Å². The highest BCUT2D eigenvalue weighted by Gasteiger charge is 2.43. The van der Waals surface area contributed by atoms with E-state index in [0.717, 1.165) is 21.0 Å². The van der Waals surface area contributed by atoms with Gasteiger partial charge in [0.05, 0.1) is 23.1 Å². The second-order valence-electron chi connectivity index (χ2n) is 8.80. The molecule has 1 aliphatic rings. The molecule has 2 aromatic heterocycles. The lowest BCUT2D eigenvalue weighted by molar-refractivity contribution is -0.166. The predicted molar refractivity (Wildman–Crippen MR) is 123 cm³/mol. The second kappa shape index (κ2) is 9.59. The molecule has 0 aromatic carbocycles. The van der Waals surface area contributed by atoms with Gasteiger partial charge in [0, 0.05) is 30.6 Å². The van der Waals surface area contributed by atoms with Crippen LogP contribution in [0.4, 0.5) is 13.2 Å². The zero-order valence-corrected chi connectivity index (χ0v) is 20.4. The van der Waals surface area contributed by atoms with Crippen LogP contribution < -0.4 is 22.4 Å². The minimum absolute atomic E-state index is 0.0221. The summed E-state index contributed by atoms with van der Waals surface area (Å²) >= 11 is 0.849. The van der Waals surface area contributed by atoms with Crippen LogP contribution >= 0.6 is 11.3 Å². The zero-order chi connectivity index (χ0) is 26.4. The van der Waals surface area contributed by atoms with E-state index < -0.39 is 47.1 Å². The van der Waals surface area contributed by atoms with Crippen molar-refractivity contribution in [3.8, 4) is 0 Å². The number of fused-ring (bicyclic) bond motifs is 1. The molecular formula is C21H27F3N5O5S+. The van der Waals surface area contributed by atoms with Crippen molar-refractivity contribution in [1.82, 2.24) is 14.2 Å². The molecule has 35 heavy (non-hydrogen) atoms. The third-order valence-corrected chi connectivity index (χ3v) is 6.69. The van der Waals surface area contributed by atoms with Crippen molar-refractivity contribution in [2.45, 2.75) is 46.0 Å². The maximum absolute atomic E-state index is 13.4. The molecule has 14 heteroatoms. The van der Waals surface area contributed by atoms with Gasteiger partial charge in [0.25, 0.3) is 17.2 Å². The van der Waals surface area contributed by atoms with Gasteiger partial charge < -0.3 is 10.8 Å². The van der Waals surface area contributed by atoms with Gasteiger partial charge in [-0.2, -0.15) is 13.2 Å². The summed E-state index contributed by atoms with van der Waals surface area (Å²) in [6.45, 7) is 4.78. The molecule has 3 heterocycles. The molecule has 1 atom stereocenters. The molecular weight excluding hydrogens is 491 g/mol. The van der Waals surface area contributed by atoms with Gasteiger partial charge in [-0.1, -0.05) is 13.8 Å². The Bertz CT molecular complexity index is 1330. The maximum Gasteiger partial charge on any atom is 0.477 e. The monoisotopic (exact) mass is 518 g/mol. The van der Waals surface area contributed by atoms with Crippen LogP contribution in [0.3, 0.4) is 0 Å². The van der Waals surface area contributed by atoms with Crippen molar-refractivity contribution in [1.29, 1.82) is 0 Å². The third-order valence-electron chi connectivity index (χ3n) is 5.48. The molecule has 5 N–H and O–H groups in total. The number of carbonyl (C=O) groups is 1. The number of aliphatic hydroxyl groups is 1. The largest absolute Gasteiger partial charge is 0.477 e. The Hall–Kier alpha value is -2.97. The molecule has 2 aromatic rings. The van der Waals surface area contributed by atoms with Crippen molar-refractivity contribution < 1.29 is 33.3 Å². The number of amides is 1. The molecule has 10 nitrogen and oxygen atoms in total. The summed E-state index contributed by atoms with van der Waals surface area (Å²) in [5.41, 5.74) is 2.02. The zero-order valence-electron chi connectivity index (χ0n) is 19.6. The van der Waals surface area contributed by atoms with Crippen molar-refractivity contribution in [2.75, 3.05) is 13.2 Å². The fourth-order valence-electron chi connectivity index (χ4n) is 3.77. The quantitative estimate of drug-likeness (QED) is 0.448. The number of halogens is 3. The van der Waals surface area contributed by atoms with Gasteiger partial charge in [0.15, 0.2) is 0 Å². The van der Waals surface area contributed by atoms with E-state index in [4.69, 9.17) is 16.0 Å². The van der Waals surface area contributed by atoms with Gasteiger partial charge in [-0.15, -0.1) is 11.3 Å². The van der Waals surface area contributed by atoms with E-state index in [-0.39, 0.29) is 52.0 Å². The number of hydrogen-bond acceptors (Lipinski definition) is 7. The number of alkyl halides is 3. The Morgan fingerprint density at radius 3 is 2.46 bits per heavy atom. The minimum Gasteiger partial charge on any atom is -0.402 e. The number of allylic oxidation sites excluding steroid dienone is 2. The number of aliphatic hydroxyl groups excluding tert-OH is 1. The van der Waals surface area contributed by atoms with E-state index in [1.807, 2.05) is 13.8 Å². The van der Waals surface area contributed by atoms with Gasteiger partial charge in [0.2, 0.25) is 0 Å². The van der Waals surface area contributed by atoms with Gasteiger partial charge in [0.1, 0.15) is 17.5 Å². The average molecular weight is 519 g/mol. The number of β-amino-alcohol motifs (C(OH)–C–C–N with tert-alkyl or cyclic N) is 1. The lowest BCUT2D eigenvalue weighted by Crippen LogP contribution is -2.50. The Labute approximate surface area is 201 Å². The smallest absolute Gasteiger partial charge is 0.402 e. The molecule has 0 radical (unpaired) electrons. The van der Waals surface area contributed by atoms with Crippen LogP contribution in [0.2, 0.25) is 0 Å². The number of hydrogen-bond donors (Lipinski definition) is 3. The summed E-state index contributed by atoms with van der Waals surface area (Å²) in [5, 5.41) is 15.9. The Morgan fingerprint density at radius 1 is 1.34 bits per heavy atom. The first-order valence-corrected chi connectivity index (χ1v) is 11.5. The Balaban J connectivity index is 2.35. The second-order valence-corrected chi connectivity index (χ2v) is 9.88. The van der Waals surface area contributed by atoms with Crippen LogP contribution in [0, 0.1) is 5.92 Å². The molecule has 0 unspecified atom stereocenters. The summed E-state index contributed by atoms with van der Waals surface area (Å²) in [6.07, 6.45) is -6.36. The van der Waals surface area contributed by atoms with Crippen LogP contribution in [0.25, 0.3) is 10.2 Å². The van der Waals surface area contributed by atoms with Crippen LogP contribution in [0.1, 0.15) is 36.0 Å². The van der Waals surface area contributed by atoms with Crippen molar-refractivity contribution in [3.63, 3.8) is 0 Å². The summed E-state index contributed by atoms with van der Waals surface area (Å²) in [4.78, 5) is 44.9. The topological polar surface area (TPSA) is 145 Å². The molecule has 0 spiro atoms. The van der Waals surface area contributed by atoms with E-state index in [1.165, 1.54) is 18.5 Å². The summed E-state index contributed by atoms with van der Waals surface area (Å²) in [5.74, 6) is -0.847. The van der Waals surface area contributed by atoms with Crippen molar-refractivity contribution in [2.24, 2.45) is 18.7 Å². The number of nitrogens with two attached hydrogens (primary N) is 2. The number of hydroxylamine groups is 2. The first-order chi connectivity index (χ1) is 16.1. The summed E-state index contributed by atoms with van der Waals surface area (Å²) in [7, 11) is 1.26. The first kappa shape index (κ1) is 26.6. The van der Waals surface area contributed by atoms with E-state index >= 15 is 0 Å². The SMILES string of the molecule is C/C(N)=C(\Cc1sc2c(c1C(=O)N1C[C@H](O)CO1)c(=O)n(C)c(=O)n2CC(C)C)C(=[NH2+])C(F)(F)F. The van der Waals surface area contributed by atoms with Crippen LogP contribution in [-0.4, -0.2) is 56.4 Å². The fraction of sp³-hybridized carbons (Fsp3) is 0.524. The molecule has 1 aliphatic heterocycles. The van der Waals surface area contributed by atoms with E-state index in [2.05, 4.69) is 0 Å². The fourth-order valence-corrected chi connectivity index (χ4v) is 5.07. The van der Waals surface area contributed by atoms with Crippen LogP contribution in [0.5, 0.6) is 0 Å². The summed E-state index contributed by atoms with van der Waals surface area (Å²) in [6, 6.07) is 0. The highest BCUT2D eigenvalue weighted by Crippen LogP contribution is 2.34. The normalized spacial score (nSPS) is 17.4. The number of rotatable bonds is 6. The number of nitrogens with zero attached hydrogens (tertiary/aromatic N) is 3. The lowest BCUT2D eigenvalue weighted by Gasteiger charge is -2.16. The third kappa shape index (κ3) is 5.04. The number of aromatic nitrogens is 2. The Kier molecular flexibility index (Phi) is 7.29.